The molecule has 0 aromatic heterocycles. The van der Waals surface area contributed by atoms with Crippen LogP contribution in [0, 0.1) is 10.1 Å². The predicted octanol–water partition coefficient (Wildman–Crippen LogP) is 1.94. The Bertz CT molecular complexity index is 553. The highest BCUT2D eigenvalue weighted by molar-refractivity contribution is 6.00. The Morgan fingerprint density at radius 3 is 2.62 bits per heavy atom. The van der Waals surface area contributed by atoms with Crippen LogP contribution in [0.25, 0.3) is 0 Å². The summed E-state index contributed by atoms with van der Waals surface area (Å²) in [7, 11) is 1.67. The average Bonchev–Trinajstić information content (AvgIpc) is 2.46. The normalized spacial score (nSPS) is 17.0. The van der Waals surface area contributed by atoms with Gasteiger partial charge in [-0.25, -0.2) is 0 Å². The van der Waals surface area contributed by atoms with Crippen LogP contribution in [-0.4, -0.2) is 36.6 Å². The summed E-state index contributed by atoms with van der Waals surface area (Å²) in [5.41, 5.74) is 0.398. The summed E-state index contributed by atoms with van der Waals surface area (Å²) >= 11 is 0. The first kappa shape index (κ1) is 15.2. The minimum Gasteiger partial charge on any atom is -0.387 e. The van der Waals surface area contributed by atoms with E-state index >= 15 is 0 Å². The first-order valence-electron chi connectivity index (χ1n) is 6.82. The molecule has 7 heteroatoms. The van der Waals surface area contributed by atoms with E-state index in [9.17, 15) is 14.9 Å². The molecule has 2 N–H and O–H groups in total. The molecule has 0 radical (unpaired) electrons. The molecule has 1 aliphatic heterocycles. The molecule has 0 unspecified atom stereocenters. The van der Waals surface area contributed by atoms with E-state index in [0.29, 0.717) is 18.9 Å². The van der Waals surface area contributed by atoms with Crippen molar-refractivity contribution in [3.63, 3.8) is 0 Å². The van der Waals surface area contributed by atoms with Gasteiger partial charge in [-0.05, 0) is 25.8 Å². The van der Waals surface area contributed by atoms with Crippen molar-refractivity contribution < 1.29 is 14.5 Å². The second-order valence-electron chi connectivity index (χ2n) is 5.36. The van der Waals surface area contributed by atoms with Crippen LogP contribution in [0.2, 0.25) is 0 Å². The van der Waals surface area contributed by atoms with E-state index in [1.54, 1.807) is 13.1 Å². The van der Waals surface area contributed by atoms with Crippen molar-refractivity contribution in [1.82, 2.24) is 5.32 Å². The lowest BCUT2D eigenvalue weighted by molar-refractivity contribution is -0.384. The quantitative estimate of drug-likeness (QED) is 0.653. The van der Waals surface area contributed by atoms with Crippen LogP contribution in [0.3, 0.4) is 0 Å². The minimum atomic E-state index is -0.508. The second-order valence-corrected chi connectivity index (χ2v) is 5.36. The number of nitrogens with one attached hydrogen (secondary N) is 2. The third kappa shape index (κ3) is 3.49. The molecular formula is C14H19N3O4. The number of non-ortho nitro benzene ring substituents is 1. The number of nitro groups is 1. The topological polar surface area (TPSA) is 93.5 Å². The molecule has 1 aliphatic rings. The third-order valence-electron chi connectivity index (χ3n) is 3.74. The number of carbonyl (C=O) groups excluding carboxylic acids is 1. The summed E-state index contributed by atoms with van der Waals surface area (Å²) < 4.78 is 5.29. The van der Waals surface area contributed by atoms with E-state index in [0.717, 1.165) is 12.8 Å². The average molecular weight is 293 g/mol. The SMILES string of the molecule is CNc1ccc([N+](=O)[O-])cc1C(=O)NC1(C)CCOCC1. The lowest BCUT2D eigenvalue weighted by Crippen LogP contribution is -2.49. The monoisotopic (exact) mass is 293 g/mol. The fraction of sp³-hybridized carbons (Fsp3) is 0.500. The Labute approximate surface area is 122 Å². The molecule has 21 heavy (non-hydrogen) atoms. The first-order chi connectivity index (χ1) is 9.95. The minimum absolute atomic E-state index is 0.101. The molecule has 0 atom stereocenters. The summed E-state index contributed by atoms with van der Waals surface area (Å²) in [6.07, 6.45) is 1.45. The summed E-state index contributed by atoms with van der Waals surface area (Å²) in [4.78, 5) is 22.8. The van der Waals surface area contributed by atoms with Crippen LogP contribution in [-0.2, 0) is 4.74 Å². The molecule has 1 heterocycles. The number of benzene rings is 1. The van der Waals surface area contributed by atoms with Gasteiger partial charge >= 0.3 is 0 Å². The molecule has 2 rings (SSSR count). The molecule has 1 aromatic carbocycles. The van der Waals surface area contributed by atoms with E-state index < -0.39 is 4.92 Å². The molecule has 1 saturated heterocycles. The molecule has 1 amide bonds. The number of carbonyl (C=O) groups is 1. The van der Waals surface area contributed by atoms with Crippen molar-refractivity contribution in [2.45, 2.75) is 25.3 Å². The van der Waals surface area contributed by atoms with Crippen LogP contribution >= 0.6 is 0 Å². The van der Waals surface area contributed by atoms with Crippen molar-refractivity contribution in [1.29, 1.82) is 0 Å². The predicted molar refractivity (Wildman–Crippen MR) is 78.6 cm³/mol. The zero-order valence-electron chi connectivity index (χ0n) is 12.1. The lowest BCUT2D eigenvalue weighted by atomic mass is 9.92. The molecule has 7 nitrogen and oxygen atoms in total. The Morgan fingerprint density at radius 1 is 1.38 bits per heavy atom. The Morgan fingerprint density at radius 2 is 2.05 bits per heavy atom. The van der Waals surface area contributed by atoms with Gasteiger partial charge in [-0.2, -0.15) is 0 Å². The maximum absolute atomic E-state index is 12.5. The van der Waals surface area contributed by atoms with Crippen LogP contribution < -0.4 is 10.6 Å². The number of anilines is 1. The molecule has 1 aromatic rings. The van der Waals surface area contributed by atoms with Gasteiger partial charge in [-0.3, -0.25) is 14.9 Å². The second kappa shape index (κ2) is 6.09. The van der Waals surface area contributed by atoms with Crippen LogP contribution in [0.4, 0.5) is 11.4 Å². The highest BCUT2D eigenvalue weighted by Crippen LogP contribution is 2.25. The highest BCUT2D eigenvalue weighted by Gasteiger charge is 2.30. The van der Waals surface area contributed by atoms with Crippen molar-refractivity contribution in [2.75, 3.05) is 25.6 Å². The Hall–Kier alpha value is -2.15. The summed E-state index contributed by atoms with van der Waals surface area (Å²) in [6.45, 7) is 3.17. The van der Waals surface area contributed by atoms with Crippen molar-refractivity contribution >= 4 is 17.3 Å². The van der Waals surface area contributed by atoms with Crippen molar-refractivity contribution in [3.05, 3.63) is 33.9 Å². The number of hydrogen-bond donors (Lipinski definition) is 2. The molecule has 0 aliphatic carbocycles. The van der Waals surface area contributed by atoms with Crippen LogP contribution in [0.15, 0.2) is 18.2 Å². The Balaban J connectivity index is 2.24. The van der Waals surface area contributed by atoms with Gasteiger partial charge in [0, 0.05) is 43.6 Å². The van der Waals surface area contributed by atoms with Gasteiger partial charge in [-0.1, -0.05) is 0 Å². The van der Waals surface area contributed by atoms with Gasteiger partial charge in [0.05, 0.1) is 10.5 Å². The number of nitro benzene ring substituents is 1. The molecule has 0 bridgehead atoms. The van der Waals surface area contributed by atoms with Gasteiger partial charge < -0.3 is 15.4 Å². The highest BCUT2D eigenvalue weighted by atomic mass is 16.6. The van der Waals surface area contributed by atoms with Gasteiger partial charge in [-0.15, -0.1) is 0 Å². The number of rotatable bonds is 4. The van der Waals surface area contributed by atoms with E-state index in [2.05, 4.69) is 10.6 Å². The summed E-state index contributed by atoms with van der Waals surface area (Å²) in [5.74, 6) is -0.313. The number of amides is 1. The smallest absolute Gasteiger partial charge is 0.270 e. The van der Waals surface area contributed by atoms with Crippen LogP contribution in [0.1, 0.15) is 30.1 Å². The number of nitrogens with zero attached hydrogens (tertiary/aromatic N) is 1. The summed E-state index contributed by atoms with van der Waals surface area (Å²) in [5, 5.41) is 16.7. The molecule has 0 spiro atoms. The zero-order chi connectivity index (χ0) is 15.5. The summed E-state index contributed by atoms with van der Waals surface area (Å²) in [6, 6.07) is 4.21. The maximum atomic E-state index is 12.5. The van der Waals surface area contributed by atoms with Gasteiger partial charge in [0.15, 0.2) is 0 Å². The van der Waals surface area contributed by atoms with Gasteiger partial charge in [0.2, 0.25) is 0 Å². The lowest BCUT2D eigenvalue weighted by Gasteiger charge is -2.34. The van der Waals surface area contributed by atoms with E-state index in [1.165, 1.54) is 12.1 Å². The van der Waals surface area contributed by atoms with E-state index in [1.807, 2.05) is 6.92 Å². The van der Waals surface area contributed by atoms with Crippen molar-refractivity contribution in [2.24, 2.45) is 0 Å². The molecule has 114 valence electrons. The molecule has 0 saturated carbocycles. The third-order valence-corrected chi connectivity index (χ3v) is 3.74. The fourth-order valence-corrected chi connectivity index (χ4v) is 2.34. The molecular weight excluding hydrogens is 274 g/mol. The fourth-order valence-electron chi connectivity index (χ4n) is 2.34. The Kier molecular flexibility index (Phi) is 4.42. The zero-order valence-corrected chi connectivity index (χ0v) is 12.1. The van der Waals surface area contributed by atoms with Gasteiger partial charge in [0.25, 0.3) is 11.6 Å². The standard InChI is InChI=1S/C14H19N3O4/c1-14(5-7-21-8-6-14)16-13(18)11-9-10(17(19)20)3-4-12(11)15-2/h3-4,9,15H,5-8H2,1-2H3,(H,16,18). The molecule has 1 fully saturated rings. The van der Waals surface area contributed by atoms with Crippen LogP contribution in [0.5, 0.6) is 0 Å². The largest absolute Gasteiger partial charge is 0.387 e. The van der Waals surface area contributed by atoms with Gasteiger partial charge in [0.1, 0.15) is 0 Å². The maximum Gasteiger partial charge on any atom is 0.270 e. The van der Waals surface area contributed by atoms with E-state index in [-0.39, 0.29) is 22.7 Å². The first-order valence-corrected chi connectivity index (χ1v) is 6.82. The number of hydrogen-bond acceptors (Lipinski definition) is 5. The van der Waals surface area contributed by atoms with Crippen molar-refractivity contribution in [3.8, 4) is 0 Å². The van der Waals surface area contributed by atoms with E-state index in [4.69, 9.17) is 4.74 Å². The number of ether oxygens (including phenoxy) is 1.